The van der Waals surface area contributed by atoms with Gasteiger partial charge in [0.25, 0.3) is 0 Å². The number of aliphatic hydroxyl groups excluding tert-OH is 1. The van der Waals surface area contributed by atoms with Crippen LogP contribution in [0.15, 0.2) is 35.3 Å². The Labute approximate surface area is 158 Å². The highest BCUT2D eigenvalue weighted by atomic mass is 127. The molecule has 0 bridgehead atoms. The van der Waals surface area contributed by atoms with Gasteiger partial charge in [0.1, 0.15) is 0 Å². The normalized spacial score (nSPS) is 13.2. The lowest BCUT2D eigenvalue weighted by molar-refractivity contribution is 0.170. The fourth-order valence-corrected chi connectivity index (χ4v) is 2.04. The number of guanidine groups is 1. The molecule has 1 aromatic rings. The molecule has 4 nitrogen and oxygen atoms in total. The van der Waals surface area contributed by atoms with E-state index >= 15 is 0 Å². The van der Waals surface area contributed by atoms with Gasteiger partial charge in [0.15, 0.2) is 5.96 Å². The molecule has 1 rings (SSSR count). The highest BCUT2D eigenvalue weighted by Crippen LogP contribution is 2.17. The van der Waals surface area contributed by atoms with E-state index in [1.165, 1.54) is 0 Å². The Hall–Kier alpha value is -0.820. The first-order valence-electron chi connectivity index (χ1n) is 8.17. The Morgan fingerprint density at radius 2 is 1.83 bits per heavy atom. The van der Waals surface area contributed by atoms with E-state index in [0.717, 1.165) is 31.0 Å². The number of hydrogen-bond acceptors (Lipinski definition) is 2. The number of rotatable bonds is 7. The SMILES string of the molecule is CCNC(=NCCC(O)c1ccccc1)NCCC(C)(C)C.I. The maximum Gasteiger partial charge on any atom is 0.191 e. The zero-order chi connectivity index (χ0) is 16.4. The number of aliphatic imine (C=N–C) groups is 1. The Morgan fingerprint density at radius 3 is 2.39 bits per heavy atom. The molecule has 0 aliphatic heterocycles. The van der Waals surface area contributed by atoms with Crippen molar-refractivity contribution in [1.82, 2.24) is 10.6 Å². The Kier molecular flexibility index (Phi) is 11.3. The van der Waals surface area contributed by atoms with Crippen LogP contribution in [0.25, 0.3) is 0 Å². The minimum absolute atomic E-state index is 0. The molecule has 1 aromatic carbocycles. The third-order valence-electron chi connectivity index (χ3n) is 3.37. The number of aliphatic hydroxyl groups is 1. The quantitative estimate of drug-likeness (QED) is 0.349. The number of nitrogens with one attached hydrogen (secondary N) is 2. The molecule has 0 spiro atoms. The van der Waals surface area contributed by atoms with Gasteiger partial charge in [-0.1, -0.05) is 51.1 Å². The van der Waals surface area contributed by atoms with Gasteiger partial charge in [-0.25, -0.2) is 0 Å². The van der Waals surface area contributed by atoms with Crippen LogP contribution in [0, 0.1) is 5.41 Å². The van der Waals surface area contributed by atoms with Crippen molar-refractivity contribution in [2.75, 3.05) is 19.6 Å². The second-order valence-corrected chi connectivity index (χ2v) is 6.71. The molecule has 0 radical (unpaired) electrons. The standard InChI is InChI=1S/C18H31N3O.HI/c1-5-19-17(21-14-12-18(2,3)4)20-13-11-16(22)15-9-7-6-8-10-15;/h6-10,16,22H,5,11-14H2,1-4H3,(H2,19,20,21);1H. The zero-order valence-corrected chi connectivity index (χ0v) is 17.1. The molecule has 0 heterocycles. The Bertz CT molecular complexity index is 443. The molecule has 0 fully saturated rings. The minimum atomic E-state index is -0.456. The predicted molar refractivity (Wildman–Crippen MR) is 109 cm³/mol. The number of hydrogen-bond donors (Lipinski definition) is 3. The monoisotopic (exact) mass is 433 g/mol. The Morgan fingerprint density at radius 1 is 1.17 bits per heavy atom. The summed E-state index contributed by atoms with van der Waals surface area (Å²) in [4.78, 5) is 4.53. The Balaban J connectivity index is 0.00000484. The summed E-state index contributed by atoms with van der Waals surface area (Å²) in [6.07, 6.45) is 1.26. The van der Waals surface area contributed by atoms with Crippen molar-refractivity contribution in [1.29, 1.82) is 0 Å². The topological polar surface area (TPSA) is 56.7 Å². The maximum absolute atomic E-state index is 10.1. The van der Waals surface area contributed by atoms with E-state index < -0.39 is 6.10 Å². The first kappa shape index (κ1) is 22.2. The largest absolute Gasteiger partial charge is 0.388 e. The molecule has 0 amide bonds. The molecule has 23 heavy (non-hydrogen) atoms. The van der Waals surface area contributed by atoms with Crippen molar-refractivity contribution in [3.05, 3.63) is 35.9 Å². The van der Waals surface area contributed by atoms with E-state index in [1.807, 2.05) is 30.3 Å². The summed E-state index contributed by atoms with van der Waals surface area (Å²) in [7, 11) is 0. The highest BCUT2D eigenvalue weighted by molar-refractivity contribution is 14.0. The summed E-state index contributed by atoms with van der Waals surface area (Å²) < 4.78 is 0. The van der Waals surface area contributed by atoms with E-state index in [2.05, 4.69) is 43.3 Å². The molecule has 0 aliphatic carbocycles. The van der Waals surface area contributed by atoms with Crippen molar-refractivity contribution in [2.24, 2.45) is 10.4 Å². The molecule has 1 atom stereocenters. The lowest BCUT2D eigenvalue weighted by atomic mass is 9.92. The third-order valence-corrected chi connectivity index (χ3v) is 3.37. The molecule has 5 heteroatoms. The fourth-order valence-electron chi connectivity index (χ4n) is 2.04. The van der Waals surface area contributed by atoms with Crippen LogP contribution in [0.2, 0.25) is 0 Å². The van der Waals surface area contributed by atoms with Gasteiger partial charge in [-0.05, 0) is 30.7 Å². The fraction of sp³-hybridized carbons (Fsp3) is 0.611. The van der Waals surface area contributed by atoms with Crippen molar-refractivity contribution in [3.63, 3.8) is 0 Å². The molecule has 1 unspecified atom stereocenters. The smallest absolute Gasteiger partial charge is 0.191 e. The van der Waals surface area contributed by atoms with Gasteiger partial charge in [-0.15, -0.1) is 24.0 Å². The van der Waals surface area contributed by atoms with Gasteiger partial charge in [-0.3, -0.25) is 4.99 Å². The second-order valence-electron chi connectivity index (χ2n) is 6.71. The molecular formula is C18H32IN3O. The molecule has 3 N–H and O–H groups in total. The summed E-state index contributed by atoms with van der Waals surface area (Å²) in [5.41, 5.74) is 1.26. The van der Waals surface area contributed by atoms with Gasteiger partial charge in [0.05, 0.1) is 6.10 Å². The predicted octanol–water partition coefficient (Wildman–Crippen LogP) is 3.72. The molecule has 0 aliphatic rings. The van der Waals surface area contributed by atoms with Crippen LogP contribution >= 0.6 is 24.0 Å². The lowest BCUT2D eigenvalue weighted by Gasteiger charge is -2.19. The average Bonchev–Trinajstić information content (AvgIpc) is 2.46. The van der Waals surface area contributed by atoms with E-state index in [-0.39, 0.29) is 24.0 Å². The van der Waals surface area contributed by atoms with Crippen LogP contribution in [-0.2, 0) is 0 Å². The van der Waals surface area contributed by atoms with Crippen molar-refractivity contribution < 1.29 is 5.11 Å². The van der Waals surface area contributed by atoms with Crippen molar-refractivity contribution in [2.45, 2.75) is 46.6 Å². The number of benzene rings is 1. The van der Waals surface area contributed by atoms with Crippen LogP contribution in [0.4, 0.5) is 0 Å². The van der Waals surface area contributed by atoms with E-state index in [4.69, 9.17) is 0 Å². The summed E-state index contributed by atoms with van der Waals surface area (Å²) >= 11 is 0. The van der Waals surface area contributed by atoms with Crippen molar-refractivity contribution in [3.8, 4) is 0 Å². The maximum atomic E-state index is 10.1. The van der Waals surface area contributed by atoms with Crippen LogP contribution in [0.5, 0.6) is 0 Å². The minimum Gasteiger partial charge on any atom is -0.388 e. The second kappa shape index (κ2) is 11.7. The number of nitrogens with zero attached hydrogens (tertiary/aromatic N) is 1. The van der Waals surface area contributed by atoms with Crippen molar-refractivity contribution >= 4 is 29.9 Å². The van der Waals surface area contributed by atoms with Gasteiger partial charge in [-0.2, -0.15) is 0 Å². The lowest BCUT2D eigenvalue weighted by Crippen LogP contribution is -2.38. The summed E-state index contributed by atoms with van der Waals surface area (Å²) in [6.45, 7) is 11.1. The van der Waals surface area contributed by atoms with E-state index in [1.54, 1.807) is 0 Å². The summed E-state index contributed by atoms with van der Waals surface area (Å²) in [5, 5.41) is 16.7. The van der Waals surface area contributed by atoms with Gasteiger partial charge in [0, 0.05) is 19.6 Å². The highest BCUT2D eigenvalue weighted by Gasteiger charge is 2.10. The van der Waals surface area contributed by atoms with E-state index in [0.29, 0.717) is 18.4 Å². The number of halogens is 1. The van der Waals surface area contributed by atoms with Gasteiger partial charge >= 0.3 is 0 Å². The zero-order valence-electron chi connectivity index (χ0n) is 14.8. The summed E-state index contributed by atoms with van der Waals surface area (Å²) in [6, 6.07) is 9.74. The van der Waals surface area contributed by atoms with Crippen LogP contribution in [0.3, 0.4) is 0 Å². The summed E-state index contributed by atoms with van der Waals surface area (Å²) in [5.74, 6) is 0.826. The average molecular weight is 433 g/mol. The van der Waals surface area contributed by atoms with Crippen LogP contribution in [0.1, 0.15) is 52.2 Å². The first-order chi connectivity index (χ1) is 10.4. The van der Waals surface area contributed by atoms with Gasteiger partial charge in [0.2, 0.25) is 0 Å². The van der Waals surface area contributed by atoms with Crippen LogP contribution < -0.4 is 10.6 Å². The van der Waals surface area contributed by atoms with E-state index in [9.17, 15) is 5.11 Å². The molecule has 0 saturated carbocycles. The molecule has 0 saturated heterocycles. The third kappa shape index (κ3) is 10.5. The molecule has 132 valence electrons. The molecule has 0 aromatic heterocycles. The first-order valence-corrected chi connectivity index (χ1v) is 8.17. The van der Waals surface area contributed by atoms with Crippen LogP contribution in [-0.4, -0.2) is 30.7 Å². The van der Waals surface area contributed by atoms with Gasteiger partial charge < -0.3 is 15.7 Å². The molecular weight excluding hydrogens is 401 g/mol.